The van der Waals surface area contributed by atoms with Crippen molar-refractivity contribution < 1.29 is 9.59 Å². The SMILES string of the molecule is CN.CN1CC(c2ccc(NC(=O)CC3=CCCC=C3)nc2)CC1=O. The zero-order valence-corrected chi connectivity index (χ0v) is 14.9. The quantitative estimate of drug-likeness (QED) is 0.878. The standard InChI is InChI=1S/C18H21N3O2.CH5N/c1-21-12-15(10-18(21)23)14-7-8-16(19-11-14)20-17(22)9-13-5-3-2-4-6-13;1-2/h3,5-8,11,15H,2,4,9-10,12H2,1H3,(H,19,20,22);2H2,1H3. The molecular formula is C19H26N4O2. The van der Waals surface area contributed by atoms with E-state index in [-0.39, 0.29) is 17.7 Å². The molecule has 1 aromatic rings. The number of amides is 2. The number of nitrogens with one attached hydrogen (secondary N) is 1. The van der Waals surface area contributed by atoms with Gasteiger partial charge in [-0.3, -0.25) is 9.59 Å². The molecule has 0 saturated carbocycles. The van der Waals surface area contributed by atoms with Crippen molar-refractivity contribution in [1.29, 1.82) is 0 Å². The zero-order valence-electron chi connectivity index (χ0n) is 14.9. The summed E-state index contributed by atoms with van der Waals surface area (Å²) in [7, 11) is 3.32. The fraction of sp³-hybridized carbons (Fsp3) is 0.421. The Balaban J connectivity index is 0.00000109. The van der Waals surface area contributed by atoms with Gasteiger partial charge in [0.05, 0.1) is 6.42 Å². The van der Waals surface area contributed by atoms with Gasteiger partial charge >= 0.3 is 0 Å². The lowest BCUT2D eigenvalue weighted by Crippen LogP contribution is -2.18. The van der Waals surface area contributed by atoms with Crippen molar-refractivity contribution in [2.24, 2.45) is 5.73 Å². The Morgan fingerprint density at radius 2 is 2.16 bits per heavy atom. The molecule has 1 saturated heterocycles. The van der Waals surface area contributed by atoms with Gasteiger partial charge in [-0.25, -0.2) is 4.98 Å². The molecule has 2 aliphatic rings. The molecule has 6 heteroatoms. The van der Waals surface area contributed by atoms with E-state index in [1.54, 1.807) is 17.2 Å². The Bertz CT molecular complexity index is 665. The van der Waals surface area contributed by atoms with E-state index >= 15 is 0 Å². The molecule has 134 valence electrons. The van der Waals surface area contributed by atoms with E-state index in [2.05, 4.69) is 28.2 Å². The van der Waals surface area contributed by atoms with E-state index in [9.17, 15) is 9.59 Å². The van der Waals surface area contributed by atoms with Crippen LogP contribution in [-0.2, 0) is 9.59 Å². The average molecular weight is 342 g/mol. The Hall–Kier alpha value is -2.47. The molecule has 1 atom stereocenters. The third kappa shape index (κ3) is 5.26. The molecule has 0 spiro atoms. The fourth-order valence-corrected chi connectivity index (χ4v) is 2.98. The summed E-state index contributed by atoms with van der Waals surface area (Å²) in [6.07, 6.45) is 10.9. The Kier molecular flexibility index (Phi) is 6.89. The molecule has 1 aliphatic carbocycles. The van der Waals surface area contributed by atoms with Gasteiger partial charge in [0, 0.05) is 32.1 Å². The van der Waals surface area contributed by atoms with Gasteiger partial charge in [-0.2, -0.15) is 0 Å². The number of hydrogen-bond donors (Lipinski definition) is 2. The van der Waals surface area contributed by atoms with Crippen molar-refractivity contribution in [3.63, 3.8) is 0 Å². The van der Waals surface area contributed by atoms with Gasteiger partial charge in [0.15, 0.2) is 0 Å². The molecule has 1 unspecified atom stereocenters. The topological polar surface area (TPSA) is 88.3 Å². The van der Waals surface area contributed by atoms with E-state index in [1.165, 1.54) is 7.05 Å². The van der Waals surface area contributed by atoms with Crippen LogP contribution in [-0.4, -0.2) is 42.3 Å². The van der Waals surface area contributed by atoms with Gasteiger partial charge in [-0.15, -0.1) is 0 Å². The maximum absolute atomic E-state index is 12.0. The van der Waals surface area contributed by atoms with Crippen LogP contribution in [0, 0.1) is 0 Å². The van der Waals surface area contributed by atoms with Gasteiger partial charge in [0.2, 0.25) is 11.8 Å². The van der Waals surface area contributed by atoms with Crippen molar-refractivity contribution in [2.45, 2.75) is 31.6 Å². The number of pyridine rings is 1. The highest BCUT2D eigenvalue weighted by Crippen LogP contribution is 2.27. The third-order valence-electron chi connectivity index (χ3n) is 4.30. The predicted molar refractivity (Wildman–Crippen MR) is 99.0 cm³/mol. The molecule has 2 heterocycles. The third-order valence-corrected chi connectivity index (χ3v) is 4.30. The van der Waals surface area contributed by atoms with Crippen LogP contribution in [0.5, 0.6) is 0 Å². The first-order chi connectivity index (χ1) is 12.1. The van der Waals surface area contributed by atoms with Crippen LogP contribution in [0.1, 0.15) is 37.2 Å². The highest BCUT2D eigenvalue weighted by Gasteiger charge is 2.28. The maximum atomic E-state index is 12.0. The summed E-state index contributed by atoms with van der Waals surface area (Å²) in [6.45, 7) is 0.729. The van der Waals surface area contributed by atoms with E-state index in [4.69, 9.17) is 0 Å². The minimum atomic E-state index is -0.0566. The second-order valence-electron chi connectivity index (χ2n) is 6.14. The lowest BCUT2D eigenvalue weighted by Gasteiger charge is -2.11. The number of rotatable bonds is 4. The molecule has 3 N–H and O–H groups in total. The molecule has 0 aromatic carbocycles. The fourth-order valence-electron chi connectivity index (χ4n) is 2.98. The second kappa shape index (κ2) is 9.13. The smallest absolute Gasteiger partial charge is 0.229 e. The molecule has 25 heavy (non-hydrogen) atoms. The number of allylic oxidation sites excluding steroid dienone is 3. The molecule has 0 bridgehead atoms. The van der Waals surface area contributed by atoms with Crippen LogP contribution in [0.15, 0.2) is 42.1 Å². The molecule has 0 radical (unpaired) electrons. The summed E-state index contributed by atoms with van der Waals surface area (Å²) >= 11 is 0. The second-order valence-corrected chi connectivity index (χ2v) is 6.14. The predicted octanol–water partition coefficient (Wildman–Crippen LogP) is 2.21. The van der Waals surface area contributed by atoms with Crippen LogP contribution >= 0.6 is 0 Å². The Morgan fingerprint density at radius 3 is 2.72 bits per heavy atom. The highest BCUT2D eigenvalue weighted by atomic mass is 16.2. The summed E-state index contributed by atoms with van der Waals surface area (Å²) in [5.41, 5.74) is 6.59. The van der Waals surface area contributed by atoms with Gasteiger partial charge in [0.1, 0.15) is 5.82 Å². The molecule has 3 rings (SSSR count). The highest BCUT2D eigenvalue weighted by molar-refractivity contribution is 5.91. The van der Waals surface area contributed by atoms with Gasteiger partial charge < -0.3 is 16.0 Å². The molecular weight excluding hydrogens is 316 g/mol. The van der Waals surface area contributed by atoms with E-state index < -0.39 is 0 Å². The maximum Gasteiger partial charge on any atom is 0.229 e. The summed E-state index contributed by atoms with van der Waals surface area (Å²) in [5, 5.41) is 2.82. The van der Waals surface area contributed by atoms with Crippen LogP contribution in [0.25, 0.3) is 0 Å². The number of hydrogen-bond acceptors (Lipinski definition) is 4. The van der Waals surface area contributed by atoms with Crippen molar-refractivity contribution in [3.8, 4) is 0 Å². The number of nitrogens with zero attached hydrogens (tertiary/aromatic N) is 2. The molecule has 2 amide bonds. The molecule has 6 nitrogen and oxygen atoms in total. The largest absolute Gasteiger partial charge is 0.345 e. The lowest BCUT2D eigenvalue weighted by atomic mass is 10.0. The van der Waals surface area contributed by atoms with Crippen molar-refractivity contribution >= 4 is 17.6 Å². The number of anilines is 1. The van der Waals surface area contributed by atoms with Crippen molar-refractivity contribution in [3.05, 3.63) is 47.7 Å². The Morgan fingerprint density at radius 1 is 1.36 bits per heavy atom. The summed E-state index contributed by atoms with van der Waals surface area (Å²) in [4.78, 5) is 29.7. The summed E-state index contributed by atoms with van der Waals surface area (Å²) < 4.78 is 0. The van der Waals surface area contributed by atoms with Gasteiger partial charge in [-0.05, 0) is 37.1 Å². The molecule has 1 aliphatic heterocycles. The Labute approximate surface area is 148 Å². The van der Waals surface area contributed by atoms with Crippen LogP contribution < -0.4 is 11.1 Å². The first kappa shape index (κ1) is 18.9. The van der Waals surface area contributed by atoms with E-state index in [1.807, 2.05) is 19.2 Å². The number of carbonyl (C=O) groups excluding carboxylic acids is 2. The summed E-state index contributed by atoms with van der Waals surface area (Å²) in [6, 6.07) is 3.75. The number of likely N-dealkylation sites (N-methyl/N-ethyl adjacent to an activating group) is 1. The number of aromatic nitrogens is 1. The van der Waals surface area contributed by atoms with Crippen molar-refractivity contribution in [2.75, 3.05) is 26.0 Å². The van der Waals surface area contributed by atoms with Gasteiger partial charge in [-0.1, -0.05) is 24.3 Å². The molecule has 1 fully saturated rings. The lowest BCUT2D eigenvalue weighted by molar-refractivity contribution is -0.126. The number of nitrogens with two attached hydrogens (primary N) is 1. The number of likely N-dealkylation sites (tertiary alicyclic amines) is 1. The van der Waals surface area contributed by atoms with E-state index in [0.29, 0.717) is 18.7 Å². The first-order valence-electron chi connectivity index (χ1n) is 8.55. The first-order valence-corrected chi connectivity index (χ1v) is 8.55. The normalized spacial score (nSPS) is 19.2. The van der Waals surface area contributed by atoms with Gasteiger partial charge in [0.25, 0.3) is 0 Å². The minimum Gasteiger partial charge on any atom is -0.345 e. The molecule has 1 aromatic heterocycles. The van der Waals surface area contributed by atoms with Crippen LogP contribution in [0.2, 0.25) is 0 Å². The van der Waals surface area contributed by atoms with Crippen LogP contribution in [0.3, 0.4) is 0 Å². The van der Waals surface area contributed by atoms with E-state index in [0.717, 1.165) is 30.5 Å². The number of carbonyl (C=O) groups is 2. The average Bonchev–Trinajstić information content (AvgIpc) is 2.97. The zero-order chi connectivity index (χ0) is 18.2. The monoisotopic (exact) mass is 342 g/mol. The summed E-state index contributed by atoms with van der Waals surface area (Å²) in [5.74, 6) is 0.860. The van der Waals surface area contributed by atoms with Crippen LogP contribution in [0.4, 0.5) is 5.82 Å². The van der Waals surface area contributed by atoms with Crippen molar-refractivity contribution in [1.82, 2.24) is 9.88 Å². The minimum absolute atomic E-state index is 0.0566.